The summed E-state index contributed by atoms with van der Waals surface area (Å²) in [6.45, 7) is 0. The number of carbonyl (C=O) groups is 1. The number of rotatable bonds is 7. The molecule has 0 saturated heterocycles. The van der Waals surface area contributed by atoms with E-state index in [-0.39, 0.29) is 11.3 Å². The van der Waals surface area contributed by atoms with Gasteiger partial charge in [0.15, 0.2) is 0 Å². The second kappa shape index (κ2) is 9.13. The lowest BCUT2D eigenvalue weighted by Gasteiger charge is -2.19. The first-order valence-corrected chi connectivity index (χ1v) is 9.96. The van der Waals surface area contributed by atoms with E-state index >= 15 is 0 Å². The number of hydrogen-bond donors (Lipinski definition) is 2. The molecule has 0 spiro atoms. The predicted molar refractivity (Wildman–Crippen MR) is 122 cm³/mol. The van der Waals surface area contributed by atoms with Gasteiger partial charge in [-0.1, -0.05) is 48.5 Å². The van der Waals surface area contributed by atoms with Gasteiger partial charge >= 0.3 is 0 Å². The van der Waals surface area contributed by atoms with E-state index < -0.39 is 16.9 Å². The molecule has 160 valence electrons. The molecule has 2 N–H and O–H groups in total. The third-order valence-corrected chi connectivity index (χ3v) is 5.03. The molecule has 0 unspecified atom stereocenters. The molecule has 0 saturated carbocycles. The highest BCUT2D eigenvalue weighted by atomic mass is 16.6. The number of aromatic nitrogens is 2. The van der Waals surface area contributed by atoms with Crippen LogP contribution >= 0.6 is 0 Å². The summed E-state index contributed by atoms with van der Waals surface area (Å²) in [5, 5.41) is 17.7. The van der Waals surface area contributed by atoms with Gasteiger partial charge in [0.2, 0.25) is 0 Å². The Bertz CT molecular complexity index is 1240. The van der Waals surface area contributed by atoms with Crippen molar-refractivity contribution in [2.24, 2.45) is 7.05 Å². The second-order valence-electron chi connectivity index (χ2n) is 7.19. The highest BCUT2D eigenvalue weighted by Crippen LogP contribution is 2.29. The molecule has 1 heterocycles. The number of anilines is 2. The summed E-state index contributed by atoms with van der Waals surface area (Å²) in [5.74, 6) is 0.220. The van der Waals surface area contributed by atoms with E-state index in [0.717, 1.165) is 5.56 Å². The van der Waals surface area contributed by atoms with Gasteiger partial charge in [0.1, 0.15) is 17.6 Å². The quantitative estimate of drug-likeness (QED) is 0.332. The van der Waals surface area contributed by atoms with Crippen molar-refractivity contribution in [1.82, 2.24) is 14.9 Å². The summed E-state index contributed by atoms with van der Waals surface area (Å²) in [6.07, 6.45) is 3.46. The lowest BCUT2D eigenvalue weighted by molar-refractivity contribution is -0.383. The van der Waals surface area contributed by atoms with Gasteiger partial charge in [0.05, 0.1) is 4.92 Å². The maximum absolute atomic E-state index is 13.1. The zero-order chi connectivity index (χ0) is 22.5. The minimum atomic E-state index is -0.509. The van der Waals surface area contributed by atoms with E-state index in [1.807, 2.05) is 72.3 Å². The van der Waals surface area contributed by atoms with Crippen LogP contribution in [0.2, 0.25) is 0 Å². The van der Waals surface area contributed by atoms with Crippen LogP contribution in [0.3, 0.4) is 0 Å². The van der Waals surface area contributed by atoms with Gasteiger partial charge in [-0.15, -0.1) is 0 Å². The van der Waals surface area contributed by atoms with Crippen LogP contribution in [0.25, 0.3) is 0 Å². The van der Waals surface area contributed by atoms with Gasteiger partial charge in [-0.25, -0.2) is 4.98 Å². The van der Waals surface area contributed by atoms with Crippen LogP contribution in [0.1, 0.15) is 27.8 Å². The van der Waals surface area contributed by atoms with Crippen LogP contribution in [0, 0.1) is 10.1 Å². The molecule has 4 aromatic rings. The summed E-state index contributed by atoms with van der Waals surface area (Å²) < 4.78 is 1.83. The number of amides is 1. The Balaban J connectivity index is 1.63. The molecule has 3 aromatic carbocycles. The van der Waals surface area contributed by atoms with Gasteiger partial charge in [-0.05, 0) is 29.8 Å². The van der Waals surface area contributed by atoms with Crippen LogP contribution in [0.15, 0.2) is 91.3 Å². The zero-order valence-electron chi connectivity index (χ0n) is 17.3. The monoisotopic (exact) mass is 427 g/mol. The molecular formula is C24H21N5O3. The molecule has 0 aliphatic heterocycles. The van der Waals surface area contributed by atoms with Crippen molar-refractivity contribution in [2.75, 3.05) is 5.32 Å². The van der Waals surface area contributed by atoms with Crippen LogP contribution < -0.4 is 10.6 Å². The van der Waals surface area contributed by atoms with E-state index in [1.165, 1.54) is 6.07 Å². The molecule has 1 atom stereocenters. The Labute approximate surface area is 184 Å². The van der Waals surface area contributed by atoms with Crippen molar-refractivity contribution in [3.8, 4) is 0 Å². The molecule has 4 rings (SSSR count). The Morgan fingerprint density at radius 2 is 1.72 bits per heavy atom. The van der Waals surface area contributed by atoms with Crippen LogP contribution in [0.4, 0.5) is 17.1 Å². The van der Waals surface area contributed by atoms with Crippen molar-refractivity contribution in [3.05, 3.63) is 118 Å². The van der Waals surface area contributed by atoms with Gasteiger partial charge in [-0.3, -0.25) is 14.9 Å². The Morgan fingerprint density at radius 3 is 2.34 bits per heavy atom. The molecule has 0 aliphatic carbocycles. The normalized spacial score (nSPS) is 11.5. The molecule has 0 fully saturated rings. The standard InChI is InChI=1S/C24H21N5O3/c1-28-15-14-25-23(28)22(17-8-4-2-5-9-17)27-24(30)18-12-13-20(21(16-18)29(31)32)26-19-10-6-3-7-11-19/h2-16,22,26H,1H3,(H,27,30)/t22-/m0/s1. The number of imidazole rings is 1. The maximum atomic E-state index is 13.1. The lowest BCUT2D eigenvalue weighted by Crippen LogP contribution is -2.31. The van der Waals surface area contributed by atoms with Gasteiger partial charge < -0.3 is 15.2 Å². The fraction of sp³-hybridized carbons (Fsp3) is 0.0833. The van der Waals surface area contributed by atoms with Crippen LogP contribution in [-0.4, -0.2) is 20.4 Å². The van der Waals surface area contributed by atoms with Gasteiger partial charge in [0, 0.05) is 36.8 Å². The van der Waals surface area contributed by atoms with E-state index in [9.17, 15) is 14.9 Å². The molecule has 0 aliphatic rings. The Hall–Kier alpha value is -4.46. The molecular weight excluding hydrogens is 406 g/mol. The van der Waals surface area contributed by atoms with Crippen molar-refractivity contribution in [3.63, 3.8) is 0 Å². The van der Waals surface area contributed by atoms with Gasteiger partial charge in [0.25, 0.3) is 11.6 Å². The average molecular weight is 427 g/mol. The number of nitro groups is 1. The first kappa shape index (κ1) is 20.8. The maximum Gasteiger partial charge on any atom is 0.293 e. The van der Waals surface area contributed by atoms with Crippen LogP contribution in [0.5, 0.6) is 0 Å². The SMILES string of the molecule is Cn1ccnc1[C@@H](NC(=O)c1ccc(Nc2ccccc2)c([N+](=O)[O-])c1)c1ccccc1. The summed E-state index contributed by atoms with van der Waals surface area (Å²) in [7, 11) is 1.85. The van der Waals surface area contributed by atoms with Crippen molar-refractivity contribution in [2.45, 2.75) is 6.04 Å². The minimum Gasteiger partial charge on any atom is -0.350 e. The largest absolute Gasteiger partial charge is 0.350 e. The highest BCUT2D eigenvalue weighted by molar-refractivity contribution is 5.96. The van der Waals surface area contributed by atoms with Crippen LogP contribution in [-0.2, 0) is 7.05 Å². The molecule has 32 heavy (non-hydrogen) atoms. The molecule has 1 amide bonds. The number of nitrogens with zero attached hydrogens (tertiary/aromatic N) is 3. The number of aryl methyl sites for hydroxylation is 1. The van der Waals surface area contributed by atoms with Crippen molar-refractivity contribution >= 4 is 23.0 Å². The number of hydrogen-bond acceptors (Lipinski definition) is 5. The number of para-hydroxylation sites is 1. The second-order valence-corrected chi connectivity index (χ2v) is 7.19. The Kier molecular flexibility index (Phi) is 5.94. The number of carbonyl (C=O) groups excluding carboxylic acids is 1. The Morgan fingerprint density at radius 1 is 1.03 bits per heavy atom. The molecule has 0 radical (unpaired) electrons. The summed E-state index contributed by atoms with van der Waals surface area (Å²) in [6, 6.07) is 22.5. The number of nitrogens with one attached hydrogen (secondary N) is 2. The third-order valence-electron chi connectivity index (χ3n) is 5.03. The smallest absolute Gasteiger partial charge is 0.293 e. The molecule has 1 aromatic heterocycles. The zero-order valence-corrected chi connectivity index (χ0v) is 17.3. The molecule has 0 bridgehead atoms. The van der Waals surface area contributed by atoms with Gasteiger partial charge in [-0.2, -0.15) is 0 Å². The fourth-order valence-electron chi connectivity index (χ4n) is 3.42. The lowest BCUT2D eigenvalue weighted by atomic mass is 10.0. The first-order chi connectivity index (χ1) is 15.5. The fourth-order valence-corrected chi connectivity index (χ4v) is 3.42. The molecule has 8 nitrogen and oxygen atoms in total. The van der Waals surface area contributed by atoms with E-state index in [2.05, 4.69) is 15.6 Å². The number of nitro benzene ring substituents is 1. The summed E-state index contributed by atoms with van der Waals surface area (Å²) in [5.41, 5.74) is 1.88. The number of benzene rings is 3. The summed E-state index contributed by atoms with van der Waals surface area (Å²) >= 11 is 0. The predicted octanol–water partition coefficient (Wildman–Crippen LogP) is 4.59. The van der Waals surface area contributed by atoms with E-state index in [1.54, 1.807) is 24.5 Å². The summed E-state index contributed by atoms with van der Waals surface area (Å²) in [4.78, 5) is 28.6. The highest BCUT2D eigenvalue weighted by Gasteiger charge is 2.23. The topological polar surface area (TPSA) is 102 Å². The first-order valence-electron chi connectivity index (χ1n) is 9.96. The minimum absolute atomic E-state index is 0.185. The van der Waals surface area contributed by atoms with Crippen molar-refractivity contribution in [1.29, 1.82) is 0 Å². The third kappa shape index (κ3) is 4.49. The van der Waals surface area contributed by atoms with E-state index in [0.29, 0.717) is 17.2 Å². The van der Waals surface area contributed by atoms with Crippen molar-refractivity contribution < 1.29 is 9.72 Å². The average Bonchev–Trinajstić information content (AvgIpc) is 3.24. The molecule has 8 heteroatoms. The van der Waals surface area contributed by atoms with E-state index in [4.69, 9.17) is 0 Å².